The van der Waals surface area contributed by atoms with Crippen molar-refractivity contribution < 1.29 is 13.5 Å². The van der Waals surface area contributed by atoms with E-state index in [9.17, 15) is 8.42 Å². The monoisotopic (exact) mass is 318 g/mol. The first-order valence-corrected chi connectivity index (χ1v) is 8.04. The highest BCUT2D eigenvalue weighted by Crippen LogP contribution is 2.20. The van der Waals surface area contributed by atoms with Crippen molar-refractivity contribution in [1.82, 2.24) is 9.71 Å². The Morgan fingerprint density at radius 2 is 2.21 bits per heavy atom. The highest BCUT2D eigenvalue weighted by Gasteiger charge is 2.15. The van der Waals surface area contributed by atoms with Crippen LogP contribution in [0, 0.1) is 0 Å². The van der Waals surface area contributed by atoms with Gasteiger partial charge >= 0.3 is 0 Å². The molecule has 0 saturated heterocycles. The largest absolute Gasteiger partial charge is 0.392 e. The van der Waals surface area contributed by atoms with Crippen LogP contribution in [0.2, 0.25) is 5.02 Å². The van der Waals surface area contributed by atoms with Gasteiger partial charge in [-0.3, -0.25) is 0 Å². The molecule has 0 aliphatic rings. The van der Waals surface area contributed by atoms with Gasteiger partial charge in [-0.1, -0.05) is 11.6 Å². The van der Waals surface area contributed by atoms with Crippen molar-refractivity contribution in [1.29, 1.82) is 0 Å². The third kappa shape index (κ3) is 3.52. The van der Waals surface area contributed by atoms with Crippen molar-refractivity contribution in [2.75, 3.05) is 0 Å². The van der Waals surface area contributed by atoms with E-state index in [1.54, 1.807) is 11.6 Å². The maximum Gasteiger partial charge on any atom is 0.240 e. The summed E-state index contributed by atoms with van der Waals surface area (Å²) in [7, 11) is -3.64. The lowest BCUT2D eigenvalue weighted by Gasteiger charge is -2.07. The van der Waals surface area contributed by atoms with Gasteiger partial charge in [0, 0.05) is 16.6 Å². The van der Waals surface area contributed by atoms with Crippen LogP contribution in [0.1, 0.15) is 10.6 Å². The summed E-state index contributed by atoms with van der Waals surface area (Å²) in [4.78, 5) is 4.06. The van der Waals surface area contributed by atoms with Crippen molar-refractivity contribution in [2.24, 2.45) is 0 Å². The zero-order valence-electron chi connectivity index (χ0n) is 9.71. The van der Waals surface area contributed by atoms with Gasteiger partial charge < -0.3 is 5.11 Å². The van der Waals surface area contributed by atoms with Crippen molar-refractivity contribution in [3.63, 3.8) is 0 Å². The standard InChI is InChI=1S/C11H11ClN2O3S2/c12-10-2-1-9(5-8(10)7-15)19(16,17)14-6-11-13-3-4-18-11/h1-5,14-15H,6-7H2. The maximum atomic E-state index is 12.0. The molecular weight excluding hydrogens is 308 g/mol. The molecule has 1 aromatic heterocycles. The summed E-state index contributed by atoms with van der Waals surface area (Å²) >= 11 is 7.19. The fourth-order valence-corrected chi connectivity index (χ4v) is 3.28. The number of nitrogens with zero attached hydrogens (tertiary/aromatic N) is 1. The van der Waals surface area contributed by atoms with Crippen LogP contribution in [-0.2, 0) is 23.2 Å². The topological polar surface area (TPSA) is 79.3 Å². The molecule has 8 heteroatoms. The van der Waals surface area contributed by atoms with E-state index in [1.807, 2.05) is 0 Å². The zero-order chi connectivity index (χ0) is 13.9. The quantitative estimate of drug-likeness (QED) is 0.880. The minimum Gasteiger partial charge on any atom is -0.392 e. The smallest absolute Gasteiger partial charge is 0.240 e. The fraction of sp³-hybridized carbons (Fsp3) is 0.182. The van der Waals surface area contributed by atoms with Crippen LogP contribution in [-0.4, -0.2) is 18.5 Å². The summed E-state index contributed by atoms with van der Waals surface area (Å²) in [5.74, 6) is 0. The molecule has 102 valence electrons. The number of aromatic nitrogens is 1. The van der Waals surface area contributed by atoms with Crippen LogP contribution in [0.4, 0.5) is 0 Å². The first-order chi connectivity index (χ1) is 9.03. The molecule has 0 saturated carbocycles. The Kier molecular flexibility index (Phi) is 4.54. The van der Waals surface area contributed by atoms with E-state index in [0.29, 0.717) is 15.6 Å². The van der Waals surface area contributed by atoms with Crippen LogP contribution in [0.15, 0.2) is 34.7 Å². The Balaban J connectivity index is 2.19. The average Bonchev–Trinajstić information content (AvgIpc) is 2.90. The molecule has 0 amide bonds. The minimum atomic E-state index is -3.64. The predicted molar refractivity (Wildman–Crippen MR) is 73.5 cm³/mol. The molecule has 0 atom stereocenters. The average molecular weight is 319 g/mol. The Hall–Kier alpha value is -0.990. The molecule has 0 unspecified atom stereocenters. The van der Waals surface area contributed by atoms with Gasteiger partial charge in [-0.05, 0) is 23.8 Å². The molecular formula is C11H11ClN2O3S2. The summed E-state index contributed by atoms with van der Waals surface area (Å²) in [6.07, 6.45) is 1.61. The Morgan fingerprint density at radius 1 is 1.42 bits per heavy atom. The van der Waals surface area contributed by atoms with E-state index in [4.69, 9.17) is 16.7 Å². The number of thiazole rings is 1. The van der Waals surface area contributed by atoms with E-state index < -0.39 is 10.0 Å². The van der Waals surface area contributed by atoms with Crippen molar-refractivity contribution in [2.45, 2.75) is 18.0 Å². The molecule has 0 radical (unpaired) electrons. The zero-order valence-corrected chi connectivity index (χ0v) is 12.1. The van der Waals surface area contributed by atoms with E-state index in [1.165, 1.54) is 29.5 Å². The predicted octanol–water partition coefficient (Wildman–Crippen LogP) is 1.77. The third-order valence-corrected chi connectivity index (χ3v) is 4.94. The second-order valence-electron chi connectivity index (χ2n) is 3.66. The first-order valence-electron chi connectivity index (χ1n) is 5.30. The normalized spacial score (nSPS) is 11.7. The number of halogens is 1. The molecule has 1 heterocycles. The van der Waals surface area contributed by atoms with Gasteiger partial charge in [0.1, 0.15) is 5.01 Å². The summed E-state index contributed by atoms with van der Waals surface area (Å²) in [5.41, 5.74) is 0.374. The van der Waals surface area contributed by atoms with E-state index >= 15 is 0 Å². The molecule has 2 rings (SSSR count). The molecule has 2 aromatic rings. The maximum absolute atomic E-state index is 12.0. The number of hydrogen-bond donors (Lipinski definition) is 2. The Morgan fingerprint density at radius 3 is 2.84 bits per heavy atom. The van der Waals surface area contributed by atoms with Gasteiger partial charge in [0.2, 0.25) is 10.0 Å². The van der Waals surface area contributed by atoms with Gasteiger partial charge in [-0.25, -0.2) is 18.1 Å². The van der Waals surface area contributed by atoms with Crippen molar-refractivity contribution in [3.05, 3.63) is 45.4 Å². The second-order valence-corrected chi connectivity index (χ2v) is 6.81. The third-order valence-electron chi connectivity index (χ3n) is 2.39. The lowest BCUT2D eigenvalue weighted by Crippen LogP contribution is -2.23. The van der Waals surface area contributed by atoms with E-state index in [2.05, 4.69) is 9.71 Å². The van der Waals surface area contributed by atoms with Crippen LogP contribution in [0.3, 0.4) is 0 Å². The molecule has 0 aliphatic heterocycles. The van der Waals surface area contributed by atoms with E-state index in [0.717, 1.165) is 0 Å². The van der Waals surface area contributed by atoms with Crippen molar-refractivity contribution in [3.8, 4) is 0 Å². The number of benzene rings is 1. The van der Waals surface area contributed by atoms with Crippen LogP contribution in [0.25, 0.3) is 0 Å². The summed E-state index contributed by atoms with van der Waals surface area (Å²) in [5, 5.41) is 11.9. The van der Waals surface area contributed by atoms with Gasteiger partial charge in [-0.2, -0.15) is 0 Å². The second kappa shape index (κ2) is 5.98. The lowest BCUT2D eigenvalue weighted by atomic mass is 10.2. The summed E-state index contributed by atoms with van der Waals surface area (Å²) in [6.45, 7) is -0.175. The molecule has 19 heavy (non-hydrogen) atoms. The Bertz CT molecular complexity index is 657. The van der Waals surface area contributed by atoms with Crippen LogP contribution >= 0.6 is 22.9 Å². The van der Waals surface area contributed by atoms with Crippen LogP contribution < -0.4 is 4.72 Å². The molecule has 5 nitrogen and oxygen atoms in total. The number of rotatable bonds is 5. The fourth-order valence-electron chi connectivity index (χ4n) is 1.42. The molecule has 0 fully saturated rings. The number of aliphatic hydroxyl groups excluding tert-OH is 1. The molecule has 0 aliphatic carbocycles. The molecule has 1 aromatic carbocycles. The summed E-state index contributed by atoms with van der Waals surface area (Å²) < 4.78 is 26.5. The number of hydrogen-bond acceptors (Lipinski definition) is 5. The van der Waals surface area contributed by atoms with Crippen molar-refractivity contribution >= 4 is 33.0 Å². The highest BCUT2D eigenvalue weighted by molar-refractivity contribution is 7.89. The Labute approximate surface area is 119 Å². The minimum absolute atomic E-state index is 0.0671. The van der Waals surface area contributed by atoms with E-state index in [-0.39, 0.29) is 18.0 Å². The molecule has 0 bridgehead atoms. The van der Waals surface area contributed by atoms with Gasteiger partial charge in [0.25, 0.3) is 0 Å². The first kappa shape index (κ1) is 14.4. The summed E-state index contributed by atoms with van der Waals surface area (Å²) in [6, 6.07) is 4.20. The van der Waals surface area contributed by atoms with Gasteiger partial charge in [-0.15, -0.1) is 11.3 Å². The number of aliphatic hydroxyl groups is 1. The highest BCUT2D eigenvalue weighted by atomic mass is 35.5. The van der Waals surface area contributed by atoms with Gasteiger partial charge in [0.05, 0.1) is 18.0 Å². The lowest BCUT2D eigenvalue weighted by molar-refractivity contribution is 0.281. The number of nitrogens with one attached hydrogen (secondary N) is 1. The molecule has 2 N–H and O–H groups in total. The number of sulfonamides is 1. The molecule has 0 spiro atoms. The van der Waals surface area contributed by atoms with Gasteiger partial charge in [0.15, 0.2) is 0 Å². The van der Waals surface area contributed by atoms with Crippen LogP contribution in [0.5, 0.6) is 0 Å². The SMILES string of the molecule is O=S(=O)(NCc1nccs1)c1ccc(Cl)c(CO)c1.